The van der Waals surface area contributed by atoms with Crippen molar-refractivity contribution in [2.45, 2.75) is 39.5 Å². The molecule has 2 aliphatic carbocycles. The van der Waals surface area contributed by atoms with Crippen molar-refractivity contribution in [1.82, 2.24) is 9.78 Å². The highest BCUT2D eigenvalue weighted by Gasteiger charge is 2.68. The number of phenols is 1. The number of rotatable bonds is 6. The predicted molar refractivity (Wildman–Crippen MR) is 207 cm³/mol. The molecule has 12 heteroatoms. The minimum absolute atomic E-state index is 0.116. The molecule has 0 radical (unpaired) electrons. The summed E-state index contributed by atoms with van der Waals surface area (Å²) >= 11 is 7.88. The van der Waals surface area contributed by atoms with Crippen LogP contribution < -0.4 is 14.5 Å². The first-order chi connectivity index (χ1) is 25.9. The van der Waals surface area contributed by atoms with Crippen LogP contribution in [-0.4, -0.2) is 45.1 Å². The van der Waals surface area contributed by atoms with Crippen molar-refractivity contribution >= 4 is 68.2 Å². The Hall–Kier alpha value is -5.26. The number of aryl methyl sites for hydroxylation is 2. The van der Waals surface area contributed by atoms with Crippen molar-refractivity contribution in [3.8, 4) is 22.1 Å². The summed E-state index contributed by atoms with van der Waals surface area (Å²) in [5.74, 6) is -4.46. The molecule has 2 aliphatic heterocycles. The minimum atomic E-state index is -1.35. The third kappa shape index (κ3) is 4.73. The van der Waals surface area contributed by atoms with Crippen LogP contribution >= 0.6 is 22.9 Å². The van der Waals surface area contributed by atoms with Gasteiger partial charge in [-0.05, 0) is 86.9 Å². The molecule has 5 aromatic rings. The number of thiophene rings is 1. The molecule has 4 aliphatic rings. The van der Waals surface area contributed by atoms with Crippen molar-refractivity contribution < 1.29 is 29.0 Å². The summed E-state index contributed by atoms with van der Waals surface area (Å²) in [6.07, 6.45) is 2.46. The van der Waals surface area contributed by atoms with Gasteiger partial charge in [0.15, 0.2) is 11.5 Å². The van der Waals surface area contributed by atoms with Crippen molar-refractivity contribution in [2.75, 3.05) is 16.4 Å². The van der Waals surface area contributed by atoms with Crippen LogP contribution in [0, 0.1) is 36.0 Å². The van der Waals surface area contributed by atoms with Gasteiger partial charge in [0.1, 0.15) is 11.5 Å². The Morgan fingerprint density at radius 2 is 1.74 bits per heavy atom. The Balaban J connectivity index is 1.17. The van der Waals surface area contributed by atoms with Crippen LogP contribution in [0.25, 0.3) is 20.7 Å². The van der Waals surface area contributed by atoms with Gasteiger partial charge in [-0.1, -0.05) is 53.6 Å². The van der Waals surface area contributed by atoms with Gasteiger partial charge in [0.05, 0.1) is 40.3 Å². The lowest BCUT2D eigenvalue weighted by Crippen LogP contribution is -2.49. The van der Waals surface area contributed by atoms with E-state index in [4.69, 9.17) is 21.4 Å². The molecular weight excluding hydrogens is 724 g/mol. The first-order valence-corrected chi connectivity index (χ1v) is 19.3. The fraction of sp³-hybridized carbons (Fsp3) is 0.310. The van der Waals surface area contributed by atoms with Gasteiger partial charge in [-0.15, -0.1) is 11.3 Å². The Bertz CT molecular complexity index is 2470. The number of ether oxygens (including phenoxy) is 1. The number of anilines is 2. The molecule has 0 bridgehead atoms. The smallest absolute Gasteiger partial charge is 0.242 e. The lowest BCUT2D eigenvalue weighted by molar-refractivity contribution is -0.131. The van der Waals surface area contributed by atoms with Gasteiger partial charge < -0.3 is 9.84 Å². The highest BCUT2D eigenvalue weighted by atomic mass is 35.5. The number of para-hydroxylation sites is 2. The van der Waals surface area contributed by atoms with Gasteiger partial charge in [0.2, 0.25) is 23.6 Å². The molecule has 1 N–H and O–H groups in total. The average molecular weight is 761 g/mol. The normalized spacial score (nSPS) is 26.3. The first-order valence-electron chi connectivity index (χ1n) is 18.1. The number of carbonyl (C=O) groups is 4. The summed E-state index contributed by atoms with van der Waals surface area (Å²) in [4.78, 5) is 61.8. The summed E-state index contributed by atoms with van der Waals surface area (Å²) < 4.78 is 8.40. The molecule has 0 spiro atoms. The van der Waals surface area contributed by atoms with Crippen LogP contribution in [0.1, 0.15) is 43.7 Å². The Kier molecular flexibility index (Phi) is 7.92. The summed E-state index contributed by atoms with van der Waals surface area (Å²) in [6, 6.07) is 21.6. The maximum Gasteiger partial charge on any atom is 0.242 e. The molecule has 54 heavy (non-hydrogen) atoms. The van der Waals surface area contributed by atoms with E-state index in [0.717, 1.165) is 26.1 Å². The first kappa shape index (κ1) is 34.5. The summed E-state index contributed by atoms with van der Waals surface area (Å²) in [6.45, 7) is 5.93. The molecule has 4 heterocycles. The minimum Gasteiger partial charge on any atom is -0.504 e. The third-order valence-electron chi connectivity index (χ3n) is 12.1. The van der Waals surface area contributed by atoms with Crippen LogP contribution in [-0.2, 0) is 26.2 Å². The molecular formula is C42H37ClN4O6S. The van der Waals surface area contributed by atoms with Crippen LogP contribution in [0.4, 0.5) is 11.5 Å². The summed E-state index contributed by atoms with van der Waals surface area (Å²) in [5.41, 5.74) is 1.99. The van der Waals surface area contributed by atoms with E-state index in [1.54, 1.807) is 78.5 Å². The Morgan fingerprint density at radius 3 is 2.50 bits per heavy atom. The monoisotopic (exact) mass is 760 g/mol. The maximum atomic E-state index is 15.2. The Labute approximate surface area is 320 Å². The van der Waals surface area contributed by atoms with Gasteiger partial charge >= 0.3 is 0 Å². The number of nitrogens with zero attached hydrogens (tertiary/aromatic N) is 4. The second-order valence-corrected chi connectivity index (χ2v) is 16.3. The number of hydrogen-bond donors (Lipinski definition) is 1. The maximum absolute atomic E-state index is 15.2. The van der Waals surface area contributed by atoms with Crippen molar-refractivity contribution in [3.63, 3.8) is 0 Å². The van der Waals surface area contributed by atoms with Crippen LogP contribution in [0.3, 0.4) is 0 Å². The highest BCUT2D eigenvalue weighted by Crippen LogP contribution is 2.65. The van der Waals surface area contributed by atoms with E-state index in [1.165, 1.54) is 9.80 Å². The fourth-order valence-electron chi connectivity index (χ4n) is 9.67. The van der Waals surface area contributed by atoms with Gasteiger partial charge in [0, 0.05) is 34.3 Å². The van der Waals surface area contributed by atoms with E-state index < -0.39 is 46.8 Å². The number of fused-ring (bicyclic) bond motifs is 5. The molecule has 1 saturated carbocycles. The second-order valence-electron chi connectivity index (χ2n) is 14.8. The van der Waals surface area contributed by atoms with Crippen molar-refractivity contribution in [3.05, 3.63) is 101 Å². The largest absolute Gasteiger partial charge is 0.504 e. The van der Waals surface area contributed by atoms with E-state index in [9.17, 15) is 19.5 Å². The standard InChI is InChI=1S/C42H37ClN4O6S/c1-5-53-31-13-9-12-26(36(31)48)35-24-15-16-25-34(40(51)46(38(25)49)23-10-7-6-8-11-23)28(24)19-29-39(50)47(41(52)42(29,35)3)33-20-30(44-45(33)4)37-21(2)27-18-22(43)14-17-32(27)54-37/h6-15,17-18,20,25,28-29,34-35,48H,5,16,19H2,1-4H3/t25-,28+,29-,34-,35+,42+/m0/s1. The molecule has 2 saturated heterocycles. The fourth-order valence-corrected chi connectivity index (χ4v) is 11.0. The molecule has 0 unspecified atom stereocenters. The summed E-state index contributed by atoms with van der Waals surface area (Å²) in [7, 11) is 1.71. The van der Waals surface area contributed by atoms with E-state index >= 15 is 4.79 Å². The van der Waals surface area contributed by atoms with Crippen LogP contribution in [0.5, 0.6) is 11.5 Å². The molecule has 10 nitrogen and oxygen atoms in total. The average Bonchev–Trinajstić information content (AvgIpc) is 3.83. The van der Waals surface area contributed by atoms with Gasteiger partial charge in [0.25, 0.3) is 0 Å². The van der Waals surface area contributed by atoms with Crippen LogP contribution in [0.2, 0.25) is 5.02 Å². The SMILES string of the molecule is CCOc1cccc([C@H]2C3=CC[C@@H]4C(=O)N(c5ccccc5)C(=O)[C@@H]4[C@@H]3C[C@H]3C(=O)N(c4cc(-c5sc6ccc(Cl)cc6c5C)nn4C)C(=O)[C@@]23C)c1O. The van der Waals surface area contributed by atoms with Crippen LogP contribution in [0.15, 0.2) is 84.4 Å². The zero-order valence-electron chi connectivity index (χ0n) is 30.1. The molecule has 9 rings (SSSR count). The van der Waals surface area contributed by atoms with E-state index in [0.29, 0.717) is 40.8 Å². The van der Waals surface area contributed by atoms with E-state index in [2.05, 4.69) is 0 Å². The lowest BCUT2D eigenvalue weighted by atomic mass is 9.51. The number of allylic oxidation sites excluding steroid dienone is 2. The number of phenolic OH excluding ortho intramolecular Hbond substituents is 1. The zero-order valence-corrected chi connectivity index (χ0v) is 31.6. The number of aromatic hydroxyl groups is 1. The zero-order chi connectivity index (χ0) is 37.8. The topological polar surface area (TPSA) is 122 Å². The van der Waals surface area contributed by atoms with E-state index in [1.807, 2.05) is 44.2 Å². The van der Waals surface area contributed by atoms with Gasteiger partial charge in [-0.2, -0.15) is 5.10 Å². The molecule has 4 amide bonds. The van der Waals surface area contributed by atoms with Gasteiger partial charge in [-0.3, -0.25) is 28.8 Å². The Morgan fingerprint density at radius 1 is 0.963 bits per heavy atom. The number of carbonyl (C=O) groups excluding carboxylic acids is 4. The number of aromatic nitrogens is 2. The molecule has 3 aromatic carbocycles. The third-order valence-corrected chi connectivity index (χ3v) is 13.7. The van der Waals surface area contributed by atoms with Crippen molar-refractivity contribution in [2.24, 2.45) is 36.1 Å². The molecule has 274 valence electrons. The number of benzene rings is 3. The highest BCUT2D eigenvalue weighted by molar-refractivity contribution is 7.22. The lowest BCUT2D eigenvalue weighted by Gasteiger charge is -2.49. The molecule has 2 aromatic heterocycles. The van der Waals surface area contributed by atoms with Gasteiger partial charge in [-0.25, -0.2) is 4.90 Å². The predicted octanol–water partition coefficient (Wildman–Crippen LogP) is 7.80. The molecule has 3 fully saturated rings. The summed E-state index contributed by atoms with van der Waals surface area (Å²) in [5, 5.41) is 18.2. The molecule has 6 atom stereocenters. The van der Waals surface area contributed by atoms with E-state index in [-0.39, 0.29) is 29.7 Å². The number of halogens is 1. The van der Waals surface area contributed by atoms with Crippen molar-refractivity contribution in [1.29, 1.82) is 0 Å². The number of imide groups is 2. The quantitative estimate of drug-likeness (QED) is 0.139. The second kappa shape index (κ2) is 12.4. The number of hydrogen-bond acceptors (Lipinski definition) is 8. The number of amides is 4.